The number of aromatic nitrogens is 2. The van der Waals surface area contributed by atoms with Crippen molar-refractivity contribution in [3.05, 3.63) is 58.0 Å². The minimum atomic E-state index is -4.59. The van der Waals surface area contributed by atoms with Gasteiger partial charge >= 0.3 is 6.18 Å². The van der Waals surface area contributed by atoms with Crippen LogP contribution in [0, 0.1) is 6.92 Å². The molecule has 0 radical (unpaired) electrons. The van der Waals surface area contributed by atoms with Gasteiger partial charge in [-0.2, -0.15) is 13.2 Å². The Morgan fingerprint density at radius 2 is 2.03 bits per heavy atom. The van der Waals surface area contributed by atoms with Gasteiger partial charge < -0.3 is 24.1 Å². The molecule has 1 N–H and O–H groups in total. The normalized spacial score (nSPS) is 20.6. The molecule has 4 heterocycles. The highest BCUT2D eigenvalue weighted by molar-refractivity contribution is 6.00. The van der Waals surface area contributed by atoms with E-state index in [4.69, 9.17) is 14.2 Å². The van der Waals surface area contributed by atoms with Crippen LogP contribution in [0.1, 0.15) is 29.3 Å². The molecule has 5 rings (SSSR count). The lowest BCUT2D eigenvalue weighted by atomic mass is 10.1. The van der Waals surface area contributed by atoms with Crippen LogP contribution in [0.25, 0.3) is 10.9 Å². The highest BCUT2D eigenvalue weighted by Gasteiger charge is 2.43. The zero-order valence-corrected chi connectivity index (χ0v) is 18.9. The smallest absolute Gasteiger partial charge is 0.425 e. The van der Waals surface area contributed by atoms with Gasteiger partial charge in [-0.25, -0.2) is 4.98 Å². The highest BCUT2D eigenvalue weighted by Crippen LogP contribution is 2.38. The average molecular weight is 489 g/mol. The second-order valence-corrected chi connectivity index (χ2v) is 8.77. The lowest BCUT2D eigenvalue weighted by Gasteiger charge is -2.23. The molecular formula is C24H22F3N3O5. The van der Waals surface area contributed by atoms with Gasteiger partial charge in [0.25, 0.3) is 5.91 Å². The van der Waals surface area contributed by atoms with Crippen molar-refractivity contribution in [3.63, 3.8) is 0 Å². The van der Waals surface area contributed by atoms with Gasteiger partial charge in [0.2, 0.25) is 11.4 Å². The van der Waals surface area contributed by atoms with Crippen LogP contribution in [0.15, 0.2) is 41.3 Å². The summed E-state index contributed by atoms with van der Waals surface area (Å²) in [6, 6.07) is 7.36. The summed E-state index contributed by atoms with van der Waals surface area (Å²) >= 11 is 0. The number of carbonyl (C=O) groups is 1. The molecule has 1 saturated heterocycles. The van der Waals surface area contributed by atoms with E-state index in [0.29, 0.717) is 17.5 Å². The third-order valence-electron chi connectivity index (χ3n) is 6.13. The Hall–Kier alpha value is -3.76. The lowest BCUT2D eigenvalue weighted by Crippen LogP contribution is -2.37. The molecule has 1 fully saturated rings. The van der Waals surface area contributed by atoms with Crippen LogP contribution in [0.4, 0.5) is 13.2 Å². The molecule has 1 aromatic carbocycles. The number of aromatic amines is 1. The third kappa shape index (κ3) is 4.50. The molecule has 1 amide bonds. The number of carbonyl (C=O) groups excluding carboxylic acids is 1. The summed E-state index contributed by atoms with van der Waals surface area (Å²) in [4.78, 5) is 33.6. The van der Waals surface area contributed by atoms with Crippen LogP contribution in [-0.2, 0) is 0 Å². The lowest BCUT2D eigenvalue weighted by molar-refractivity contribution is -0.189. The largest absolute Gasteiger partial charge is 0.490 e. The van der Waals surface area contributed by atoms with Gasteiger partial charge in [0.15, 0.2) is 6.10 Å². The summed E-state index contributed by atoms with van der Waals surface area (Å²) in [5.74, 6) is -0.158. The topological polar surface area (TPSA) is 93.8 Å². The maximum atomic E-state index is 13.5. The number of hydrogen-bond acceptors (Lipinski definition) is 6. The van der Waals surface area contributed by atoms with Gasteiger partial charge in [-0.15, -0.1) is 0 Å². The Morgan fingerprint density at radius 3 is 2.80 bits per heavy atom. The number of benzene rings is 1. The Morgan fingerprint density at radius 1 is 1.23 bits per heavy atom. The van der Waals surface area contributed by atoms with Crippen molar-refractivity contribution in [3.8, 4) is 17.4 Å². The molecule has 3 aromatic rings. The van der Waals surface area contributed by atoms with Crippen LogP contribution >= 0.6 is 0 Å². The van der Waals surface area contributed by atoms with E-state index >= 15 is 0 Å². The number of rotatable bonds is 4. The molecule has 184 valence electrons. The van der Waals surface area contributed by atoms with E-state index in [2.05, 4.69) is 9.97 Å². The molecule has 2 aliphatic heterocycles. The van der Waals surface area contributed by atoms with E-state index in [1.165, 1.54) is 12.1 Å². The predicted octanol–water partition coefficient (Wildman–Crippen LogP) is 3.62. The van der Waals surface area contributed by atoms with E-state index in [9.17, 15) is 22.8 Å². The van der Waals surface area contributed by atoms with Crippen molar-refractivity contribution >= 4 is 16.8 Å². The maximum Gasteiger partial charge on any atom is 0.425 e. The van der Waals surface area contributed by atoms with Gasteiger partial charge in [-0.3, -0.25) is 9.59 Å². The van der Waals surface area contributed by atoms with Crippen molar-refractivity contribution < 1.29 is 32.2 Å². The van der Waals surface area contributed by atoms with Gasteiger partial charge in [0.1, 0.15) is 29.8 Å². The minimum absolute atomic E-state index is 0.0312. The molecule has 2 aromatic heterocycles. The second-order valence-electron chi connectivity index (χ2n) is 8.77. The van der Waals surface area contributed by atoms with Crippen LogP contribution in [0.3, 0.4) is 0 Å². The Labute approximate surface area is 197 Å². The zero-order chi connectivity index (χ0) is 24.9. The fraction of sp³-hybridized carbons (Fsp3) is 0.375. The minimum Gasteiger partial charge on any atom is -0.490 e. The van der Waals surface area contributed by atoms with Crippen molar-refractivity contribution in [1.82, 2.24) is 14.9 Å². The summed E-state index contributed by atoms with van der Waals surface area (Å²) < 4.78 is 56.5. The zero-order valence-electron chi connectivity index (χ0n) is 18.9. The summed E-state index contributed by atoms with van der Waals surface area (Å²) in [5, 5.41) is 0.744. The molecule has 2 aliphatic rings. The standard InChI is InChI=1S/C24H22F3N3O5/c1-12-5-18-22(19(6-12)34-13(2)24(25,26)27)23(32)30-10-16(7-15(30)11-33-18)35-21-8-17-14(9-28-21)3-4-20(31)29-17/h3-6,8-9,13,15-16H,7,10-11H2,1-2H3,(H,29,31)/t13-,15-,16+/m1/s1. The molecule has 0 bridgehead atoms. The molecule has 0 saturated carbocycles. The molecule has 0 unspecified atom stereocenters. The van der Waals surface area contributed by atoms with Crippen LogP contribution in [0.2, 0.25) is 0 Å². The number of halogens is 3. The van der Waals surface area contributed by atoms with E-state index in [1.807, 2.05) is 0 Å². The molecule has 0 aliphatic carbocycles. The number of nitrogens with zero attached hydrogens (tertiary/aromatic N) is 2. The van der Waals surface area contributed by atoms with E-state index < -0.39 is 24.3 Å². The van der Waals surface area contributed by atoms with Crippen LogP contribution < -0.4 is 19.8 Å². The first-order valence-corrected chi connectivity index (χ1v) is 11.1. The van der Waals surface area contributed by atoms with E-state index in [-0.39, 0.29) is 47.7 Å². The number of hydrogen-bond donors (Lipinski definition) is 1. The Balaban J connectivity index is 1.39. The second kappa shape index (κ2) is 8.47. The number of nitrogens with one attached hydrogen (secondary N) is 1. The first kappa shape index (κ1) is 23.0. The van der Waals surface area contributed by atoms with Crippen LogP contribution in [0.5, 0.6) is 17.4 Å². The average Bonchev–Trinajstić information content (AvgIpc) is 3.13. The number of amides is 1. The molecule has 0 spiro atoms. The molecule has 3 atom stereocenters. The summed E-state index contributed by atoms with van der Waals surface area (Å²) in [6.07, 6.45) is -5.08. The first-order chi connectivity index (χ1) is 16.6. The fourth-order valence-corrected chi connectivity index (χ4v) is 4.35. The number of ether oxygens (including phenoxy) is 3. The third-order valence-corrected chi connectivity index (χ3v) is 6.13. The number of alkyl halides is 3. The summed E-state index contributed by atoms with van der Waals surface area (Å²) in [5.41, 5.74) is 0.901. The van der Waals surface area contributed by atoms with E-state index in [0.717, 1.165) is 12.3 Å². The predicted molar refractivity (Wildman–Crippen MR) is 119 cm³/mol. The Bertz CT molecular complexity index is 1360. The SMILES string of the molecule is Cc1cc2c(c(O[C@H](C)C(F)(F)F)c1)C(=O)N1C[C@@H](Oc3cc4[nH]c(=O)ccc4cn3)C[C@@H]1CO2. The quantitative estimate of drug-likeness (QED) is 0.602. The van der Waals surface area contributed by atoms with Gasteiger partial charge in [0.05, 0.1) is 18.1 Å². The molecule has 35 heavy (non-hydrogen) atoms. The number of fused-ring (bicyclic) bond motifs is 3. The summed E-state index contributed by atoms with van der Waals surface area (Å²) in [7, 11) is 0. The molecule has 11 heteroatoms. The number of aryl methyl sites for hydroxylation is 1. The Kier molecular flexibility index (Phi) is 5.57. The first-order valence-electron chi connectivity index (χ1n) is 11.1. The van der Waals surface area contributed by atoms with Gasteiger partial charge in [-0.05, 0) is 37.6 Å². The van der Waals surface area contributed by atoms with Crippen molar-refractivity contribution in [1.29, 1.82) is 0 Å². The summed E-state index contributed by atoms with van der Waals surface area (Å²) in [6.45, 7) is 2.94. The highest BCUT2D eigenvalue weighted by atomic mass is 19.4. The van der Waals surface area contributed by atoms with Crippen molar-refractivity contribution in [2.45, 2.75) is 44.7 Å². The number of H-pyrrole nitrogens is 1. The van der Waals surface area contributed by atoms with Crippen molar-refractivity contribution in [2.75, 3.05) is 13.2 Å². The van der Waals surface area contributed by atoms with Crippen molar-refractivity contribution in [2.24, 2.45) is 0 Å². The van der Waals surface area contributed by atoms with Crippen LogP contribution in [-0.4, -0.2) is 58.4 Å². The molecule has 8 nitrogen and oxygen atoms in total. The van der Waals surface area contributed by atoms with Gasteiger partial charge in [0, 0.05) is 30.1 Å². The monoisotopic (exact) mass is 489 g/mol. The fourth-order valence-electron chi connectivity index (χ4n) is 4.35. The molecular weight excluding hydrogens is 467 g/mol. The number of pyridine rings is 2. The van der Waals surface area contributed by atoms with E-state index in [1.54, 1.807) is 36.2 Å². The maximum absolute atomic E-state index is 13.5. The van der Waals surface area contributed by atoms with Gasteiger partial charge in [-0.1, -0.05) is 0 Å².